The molecule has 1 aromatic heterocycles. The van der Waals surface area contributed by atoms with Gasteiger partial charge in [0.15, 0.2) is 5.69 Å². The average Bonchev–Trinajstić information content (AvgIpc) is 2.77. The second-order valence-electron chi connectivity index (χ2n) is 3.95. The van der Waals surface area contributed by atoms with Crippen molar-refractivity contribution < 1.29 is 9.90 Å². The number of carboxylic acid groups (broad SMARTS) is 1. The molecular weight excluding hydrogens is 425 g/mol. The first kappa shape index (κ1) is 14.4. The highest BCUT2D eigenvalue weighted by atomic mass is 127. The molecule has 2 aromatic rings. The number of hydrogen-bond donors (Lipinski definition) is 1. The third-order valence-corrected chi connectivity index (χ3v) is 4.93. The maximum absolute atomic E-state index is 11.1. The lowest BCUT2D eigenvalue weighted by molar-refractivity contribution is 0.0689. The van der Waals surface area contributed by atoms with Gasteiger partial charge in [-0.2, -0.15) is 0 Å². The van der Waals surface area contributed by atoms with Gasteiger partial charge in [-0.25, -0.2) is 9.48 Å². The summed E-state index contributed by atoms with van der Waals surface area (Å²) < 4.78 is 3.62. The summed E-state index contributed by atoms with van der Waals surface area (Å²) in [6.07, 6.45) is 1.46. The van der Waals surface area contributed by atoms with E-state index in [2.05, 4.69) is 48.8 Å². The van der Waals surface area contributed by atoms with Crippen LogP contribution in [0.15, 0.2) is 22.7 Å². The number of rotatable bonds is 4. The maximum Gasteiger partial charge on any atom is 0.358 e. The molecule has 1 heterocycles. The zero-order valence-corrected chi connectivity index (χ0v) is 13.8. The first-order valence-corrected chi connectivity index (χ1v) is 7.55. The van der Waals surface area contributed by atoms with E-state index >= 15 is 0 Å². The van der Waals surface area contributed by atoms with Crippen molar-refractivity contribution in [2.45, 2.75) is 19.8 Å². The summed E-state index contributed by atoms with van der Waals surface area (Å²) in [6, 6.07) is 5.73. The summed E-state index contributed by atoms with van der Waals surface area (Å²) in [5.74, 6) is -1.04. The minimum absolute atomic E-state index is 0.0276. The Labute approximate surface area is 132 Å². The first-order chi connectivity index (χ1) is 9.04. The highest BCUT2D eigenvalue weighted by molar-refractivity contribution is 14.1. The highest BCUT2D eigenvalue weighted by Crippen LogP contribution is 2.23. The Morgan fingerprint density at radius 1 is 1.53 bits per heavy atom. The molecule has 5 nitrogen and oxygen atoms in total. The molecule has 0 fully saturated rings. The fourth-order valence-electron chi connectivity index (χ4n) is 1.75. The predicted molar refractivity (Wildman–Crippen MR) is 82.7 cm³/mol. The van der Waals surface area contributed by atoms with Gasteiger partial charge in [-0.15, -0.1) is 5.10 Å². The number of halogens is 2. The lowest BCUT2D eigenvalue weighted by Crippen LogP contribution is -2.07. The molecule has 1 aromatic carbocycles. The van der Waals surface area contributed by atoms with E-state index in [0.29, 0.717) is 12.1 Å². The normalized spacial score (nSPS) is 10.7. The minimum Gasteiger partial charge on any atom is -0.476 e. The lowest BCUT2D eigenvalue weighted by Gasteiger charge is -2.07. The van der Waals surface area contributed by atoms with E-state index in [1.54, 1.807) is 4.68 Å². The highest BCUT2D eigenvalue weighted by Gasteiger charge is 2.19. The van der Waals surface area contributed by atoms with Gasteiger partial charge in [0.2, 0.25) is 0 Å². The van der Waals surface area contributed by atoms with Gasteiger partial charge in [0.05, 0.1) is 11.4 Å². The van der Waals surface area contributed by atoms with E-state index in [1.165, 1.54) is 0 Å². The van der Waals surface area contributed by atoms with Crippen molar-refractivity contribution in [1.29, 1.82) is 0 Å². The van der Waals surface area contributed by atoms with Crippen LogP contribution in [0.1, 0.15) is 29.5 Å². The molecule has 19 heavy (non-hydrogen) atoms. The van der Waals surface area contributed by atoms with Gasteiger partial charge >= 0.3 is 5.97 Å². The summed E-state index contributed by atoms with van der Waals surface area (Å²) >= 11 is 5.64. The van der Waals surface area contributed by atoms with Gasteiger partial charge in [0.25, 0.3) is 0 Å². The molecule has 0 saturated carbocycles. The van der Waals surface area contributed by atoms with Gasteiger partial charge in [-0.05, 0) is 63.1 Å². The van der Waals surface area contributed by atoms with Crippen LogP contribution in [0, 0.1) is 3.57 Å². The summed E-state index contributed by atoms with van der Waals surface area (Å²) in [5.41, 5.74) is 1.48. The second-order valence-corrected chi connectivity index (χ2v) is 5.97. The van der Waals surface area contributed by atoms with Crippen LogP contribution in [-0.4, -0.2) is 26.1 Å². The first-order valence-electron chi connectivity index (χ1n) is 5.68. The van der Waals surface area contributed by atoms with Crippen molar-refractivity contribution in [3.05, 3.63) is 37.6 Å². The van der Waals surface area contributed by atoms with Gasteiger partial charge in [-0.1, -0.05) is 18.6 Å². The third kappa shape index (κ3) is 2.97. The van der Waals surface area contributed by atoms with Gasteiger partial charge in [0.1, 0.15) is 0 Å². The monoisotopic (exact) mass is 435 g/mol. The number of nitrogens with zero attached hydrogens (tertiary/aromatic N) is 3. The molecule has 0 atom stereocenters. The van der Waals surface area contributed by atoms with Crippen molar-refractivity contribution in [1.82, 2.24) is 15.0 Å². The van der Waals surface area contributed by atoms with Crippen LogP contribution in [0.2, 0.25) is 0 Å². The molecular formula is C12H11BrIN3O2. The molecule has 0 aliphatic heterocycles. The summed E-state index contributed by atoms with van der Waals surface area (Å²) in [4.78, 5) is 11.1. The molecule has 0 aliphatic rings. The quantitative estimate of drug-likeness (QED) is 0.748. The predicted octanol–water partition coefficient (Wildman–Crippen LogP) is 3.29. The smallest absolute Gasteiger partial charge is 0.358 e. The van der Waals surface area contributed by atoms with Crippen LogP contribution < -0.4 is 0 Å². The number of benzene rings is 1. The Bertz CT molecular complexity index is 627. The molecule has 2 rings (SSSR count). The molecule has 0 spiro atoms. The molecule has 100 valence electrons. The fourth-order valence-corrected chi connectivity index (χ4v) is 2.50. The Kier molecular flexibility index (Phi) is 4.56. The van der Waals surface area contributed by atoms with Crippen LogP contribution >= 0.6 is 38.5 Å². The summed E-state index contributed by atoms with van der Waals surface area (Å²) in [5, 5.41) is 16.9. The average molecular weight is 436 g/mol. The topological polar surface area (TPSA) is 68.0 Å². The summed E-state index contributed by atoms with van der Waals surface area (Å²) in [7, 11) is 0. The van der Waals surface area contributed by atoms with Crippen LogP contribution in [0.4, 0.5) is 0 Å². The molecule has 0 radical (unpaired) electrons. The molecule has 0 bridgehead atoms. The fraction of sp³-hybridized carbons (Fsp3) is 0.250. The largest absolute Gasteiger partial charge is 0.476 e. The number of hydrogen-bond acceptors (Lipinski definition) is 3. The van der Waals surface area contributed by atoms with Gasteiger partial charge in [-0.3, -0.25) is 0 Å². The molecule has 0 saturated heterocycles. The van der Waals surface area contributed by atoms with Crippen molar-refractivity contribution in [3.8, 4) is 5.69 Å². The van der Waals surface area contributed by atoms with E-state index in [1.807, 2.05) is 25.1 Å². The molecule has 0 aliphatic carbocycles. The Balaban J connectivity index is 2.55. The van der Waals surface area contributed by atoms with Crippen LogP contribution in [0.3, 0.4) is 0 Å². The molecule has 0 amide bonds. The standard InChI is InChI=1S/C12H11BrIN3O2/c1-2-3-10-11(12(18)19)15-16-17(10)7-4-5-8(13)9(14)6-7/h4-6H,2-3H2,1H3,(H,18,19). The zero-order valence-electron chi connectivity index (χ0n) is 10.1. The summed E-state index contributed by atoms with van der Waals surface area (Å²) in [6.45, 7) is 1.99. The number of aromatic carboxylic acids is 1. The Morgan fingerprint density at radius 3 is 2.84 bits per heavy atom. The Morgan fingerprint density at radius 2 is 2.26 bits per heavy atom. The van der Waals surface area contributed by atoms with Gasteiger partial charge < -0.3 is 5.11 Å². The molecule has 1 N–H and O–H groups in total. The SMILES string of the molecule is CCCc1c(C(=O)O)nnn1-c1ccc(Br)c(I)c1. The van der Waals surface area contributed by atoms with E-state index in [4.69, 9.17) is 5.11 Å². The van der Waals surface area contributed by atoms with E-state index in [9.17, 15) is 4.79 Å². The van der Waals surface area contributed by atoms with E-state index < -0.39 is 5.97 Å². The van der Waals surface area contributed by atoms with Gasteiger partial charge in [0, 0.05) is 8.04 Å². The number of carbonyl (C=O) groups is 1. The Hall–Kier alpha value is -0.960. The van der Waals surface area contributed by atoms with Crippen molar-refractivity contribution in [2.24, 2.45) is 0 Å². The number of aromatic nitrogens is 3. The number of carboxylic acids is 1. The maximum atomic E-state index is 11.1. The lowest BCUT2D eigenvalue weighted by atomic mass is 10.2. The van der Waals surface area contributed by atoms with E-state index in [0.717, 1.165) is 20.2 Å². The van der Waals surface area contributed by atoms with Crippen molar-refractivity contribution >= 4 is 44.5 Å². The molecule has 7 heteroatoms. The van der Waals surface area contributed by atoms with Crippen LogP contribution in [-0.2, 0) is 6.42 Å². The van der Waals surface area contributed by atoms with Crippen molar-refractivity contribution in [3.63, 3.8) is 0 Å². The third-order valence-electron chi connectivity index (χ3n) is 2.60. The van der Waals surface area contributed by atoms with Crippen LogP contribution in [0.25, 0.3) is 5.69 Å². The second kappa shape index (κ2) is 6.00. The molecule has 0 unspecified atom stereocenters. The minimum atomic E-state index is -1.04. The zero-order chi connectivity index (χ0) is 14.0. The van der Waals surface area contributed by atoms with Crippen molar-refractivity contribution in [2.75, 3.05) is 0 Å². The van der Waals surface area contributed by atoms with E-state index in [-0.39, 0.29) is 5.69 Å². The van der Waals surface area contributed by atoms with Crippen LogP contribution in [0.5, 0.6) is 0 Å².